The zero-order valence-corrected chi connectivity index (χ0v) is 4.77. The van der Waals surface area contributed by atoms with Gasteiger partial charge in [-0.3, -0.25) is 0 Å². The summed E-state index contributed by atoms with van der Waals surface area (Å²) in [5.74, 6) is 0. The summed E-state index contributed by atoms with van der Waals surface area (Å²) in [6, 6.07) is 0. The van der Waals surface area contributed by atoms with Gasteiger partial charge in [-0.15, -0.1) is 0 Å². The summed E-state index contributed by atoms with van der Waals surface area (Å²) >= 11 is 0. The first-order valence-electron chi connectivity index (χ1n) is 1.67. The molecule has 0 aromatic rings. The highest BCUT2D eigenvalue weighted by molar-refractivity contribution is 3.79. The van der Waals surface area contributed by atoms with Crippen LogP contribution in [0.25, 0.3) is 0 Å². The van der Waals surface area contributed by atoms with E-state index >= 15 is 0 Å². The van der Waals surface area contributed by atoms with E-state index in [0.717, 1.165) is 6.54 Å². The van der Waals surface area contributed by atoms with E-state index in [0.29, 0.717) is 0 Å². The highest BCUT2D eigenvalue weighted by Gasteiger charge is 1.60. The highest BCUT2D eigenvalue weighted by atomic mass is 35.6. The van der Waals surface area contributed by atoms with Gasteiger partial charge in [0.2, 0.25) is 0 Å². The molecule has 0 radical (unpaired) electrons. The van der Waals surface area contributed by atoms with Crippen molar-refractivity contribution in [3.63, 3.8) is 0 Å². The van der Waals surface area contributed by atoms with E-state index in [9.17, 15) is 0 Å². The van der Waals surface area contributed by atoms with Crippen molar-refractivity contribution in [2.45, 2.75) is 6.92 Å². The Bertz CT molecular complexity index is 24.1. The summed E-state index contributed by atoms with van der Waals surface area (Å²) in [6.45, 7) is 3.01. The van der Waals surface area contributed by atoms with Crippen LogP contribution in [-0.4, -0.2) is 6.54 Å². The molecule has 0 atom stereocenters. The molecule has 0 aliphatic heterocycles. The summed E-state index contributed by atoms with van der Waals surface area (Å²) in [5.41, 5.74) is 3.49. The predicted molar refractivity (Wildman–Crippen MR) is 13.4 cm³/mol. The van der Waals surface area contributed by atoms with E-state index in [2.05, 4.69) is 5.73 Å². The summed E-state index contributed by atoms with van der Waals surface area (Å²) in [4.78, 5) is 0. The van der Waals surface area contributed by atoms with Crippen LogP contribution < -0.4 is 19.7 Å². The number of hydrogen-bond donors (Lipinski definition) is 1. The molecule has 0 fully saturated rings. The molecule has 0 bridgehead atoms. The molecule has 46 valence electrons. The average Bonchev–Trinajstić information content (AvgIpc) is 1.33. The molecule has 7 heavy (non-hydrogen) atoms. The van der Waals surface area contributed by atoms with Crippen molar-refractivity contribution < 1.29 is 30.5 Å². The third-order valence-electron chi connectivity index (χ3n) is 0. The second-order valence-corrected chi connectivity index (χ2v) is 1.07. The third kappa shape index (κ3) is 6190. The van der Waals surface area contributed by atoms with E-state index in [1.807, 2.05) is 6.92 Å². The van der Waals surface area contributed by atoms with Gasteiger partial charge < -0.3 is 19.7 Å². The molecular formula is C2H8ClNO3. The topological polar surface area (TPSA) is 96.8 Å². The fraction of sp³-hybridized carbons (Fsp3) is 1.00. The molecule has 4 nitrogen and oxygen atoms in total. The minimum Gasteiger partial charge on any atom is -0.358 e. The molecule has 0 aliphatic carbocycles. The lowest BCUT2D eigenvalue weighted by Crippen LogP contribution is -2.48. The quantitative estimate of drug-likeness (QED) is 0.358. The average molecular weight is 130 g/mol. The van der Waals surface area contributed by atoms with E-state index in [-0.39, 0.29) is 0 Å². The first-order chi connectivity index (χ1) is 3.15. The second-order valence-electron chi connectivity index (χ2n) is 0.689. The predicted octanol–water partition coefficient (Wildman–Crippen LogP) is -4.32. The molecule has 5 heteroatoms. The van der Waals surface area contributed by atoms with Crippen molar-refractivity contribution in [3.05, 3.63) is 0 Å². The maximum Gasteiger partial charge on any atom is 0.0711 e. The second kappa shape index (κ2) is 9.46. The van der Waals surface area contributed by atoms with Crippen molar-refractivity contribution >= 4 is 0 Å². The van der Waals surface area contributed by atoms with Crippen LogP contribution in [0.5, 0.6) is 0 Å². The fourth-order valence-electron chi connectivity index (χ4n) is 0. The van der Waals surface area contributed by atoms with Crippen molar-refractivity contribution in [1.82, 2.24) is 0 Å². The Morgan fingerprint density at radius 1 is 1.43 bits per heavy atom. The van der Waals surface area contributed by atoms with Gasteiger partial charge >= 0.3 is 0 Å². The van der Waals surface area contributed by atoms with Crippen molar-refractivity contribution in [3.8, 4) is 0 Å². The molecule has 0 rings (SSSR count). The van der Waals surface area contributed by atoms with Crippen LogP contribution in [0, 0.1) is 10.8 Å². The van der Waals surface area contributed by atoms with Gasteiger partial charge in [-0.1, -0.05) is 0 Å². The highest BCUT2D eigenvalue weighted by Crippen LogP contribution is 1.24. The van der Waals surface area contributed by atoms with Crippen LogP contribution in [0.3, 0.4) is 0 Å². The van der Waals surface area contributed by atoms with Gasteiger partial charge in [-0.05, 0) is 6.92 Å². The number of rotatable bonds is 0. The normalized spacial score (nSPS) is 7.71. The van der Waals surface area contributed by atoms with E-state index in [4.69, 9.17) is 14.0 Å². The fourth-order valence-corrected chi connectivity index (χ4v) is 0. The minimum absolute atomic E-state index is 1.00. The van der Waals surface area contributed by atoms with E-state index < -0.39 is 10.8 Å². The molecular weight excluding hydrogens is 121 g/mol. The summed E-state index contributed by atoms with van der Waals surface area (Å²) in [7, 11) is -2.85. The molecule has 0 unspecified atom stereocenters. The van der Waals surface area contributed by atoms with Gasteiger partial charge in [0.05, 0.1) is 17.3 Å². The molecule has 0 saturated heterocycles. The Kier molecular flexibility index (Phi) is 13.8. The van der Waals surface area contributed by atoms with E-state index in [1.54, 1.807) is 0 Å². The van der Waals surface area contributed by atoms with Gasteiger partial charge in [-0.2, -0.15) is 0 Å². The zero-order chi connectivity index (χ0) is 6.28. The molecule has 0 spiro atoms. The SMILES string of the molecule is CC[NH3+].[O-][Cl+2]([O-])[O-]. The largest absolute Gasteiger partial charge is 0.358 e. The van der Waals surface area contributed by atoms with Gasteiger partial charge in [-0.25, -0.2) is 0 Å². The third-order valence-corrected chi connectivity index (χ3v) is 0. The van der Waals surface area contributed by atoms with Crippen LogP contribution in [0.4, 0.5) is 0 Å². The van der Waals surface area contributed by atoms with Crippen LogP contribution in [0.2, 0.25) is 0 Å². The number of quaternary nitrogens is 1. The first-order valence-corrected chi connectivity index (χ1v) is 2.60. The first kappa shape index (κ1) is 10.2. The minimum atomic E-state index is -2.85. The van der Waals surface area contributed by atoms with Crippen LogP contribution >= 0.6 is 0 Å². The lowest BCUT2D eigenvalue weighted by Gasteiger charge is -1.89. The Labute approximate surface area is 45.0 Å². The molecule has 0 aromatic carbocycles. The zero-order valence-electron chi connectivity index (χ0n) is 4.02. The van der Waals surface area contributed by atoms with Crippen molar-refractivity contribution in [1.29, 1.82) is 0 Å². The van der Waals surface area contributed by atoms with Crippen molar-refractivity contribution in [2.75, 3.05) is 6.54 Å². The molecule has 3 N–H and O–H groups in total. The van der Waals surface area contributed by atoms with Gasteiger partial charge in [0, 0.05) is 0 Å². The Morgan fingerprint density at radius 2 is 1.43 bits per heavy atom. The van der Waals surface area contributed by atoms with Gasteiger partial charge in [0.15, 0.2) is 0 Å². The van der Waals surface area contributed by atoms with Gasteiger partial charge in [0.25, 0.3) is 0 Å². The summed E-state index contributed by atoms with van der Waals surface area (Å²) in [6.07, 6.45) is 0. The maximum atomic E-state index is 8.41. The number of hydrogen-bond acceptors (Lipinski definition) is 3. The molecule has 0 aromatic heterocycles. The van der Waals surface area contributed by atoms with E-state index in [1.165, 1.54) is 0 Å². The monoisotopic (exact) mass is 129 g/mol. The van der Waals surface area contributed by atoms with Crippen LogP contribution in [-0.2, 0) is 0 Å². The molecule has 0 aliphatic rings. The number of halogens is 1. The maximum absolute atomic E-state index is 8.41. The van der Waals surface area contributed by atoms with Gasteiger partial charge in [0.1, 0.15) is 0 Å². The van der Waals surface area contributed by atoms with Crippen LogP contribution in [0.15, 0.2) is 0 Å². The molecule has 0 amide bonds. The molecule has 0 saturated carbocycles. The summed E-state index contributed by atoms with van der Waals surface area (Å²) in [5, 5.41) is 0. The lowest BCUT2D eigenvalue weighted by atomic mass is 10.8. The Balaban J connectivity index is 0. The van der Waals surface area contributed by atoms with Crippen LogP contribution in [0.1, 0.15) is 6.92 Å². The Morgan fingerprint density at radius 3 is 1.43 bits per heavy atom. The van der Waals surface area contributed by atoms with Crippen molar-refractivity contribution in [2.24, 2.45) is 0 Å². The molecule has 0 heterocycles. The lowest BCUT2D eigenvalue weighted by molar-refractivity contribution is -1.73. The standard InChI is InChI=1S/C2H7N.ClO3/c1-2-3;2-1(3)4/h2-3H2,1H3;/q;-1/p+1. The Hall–Kier alpha value is 0.130. The summed E-state index contributed by atoms with van der Waals surface area (Å²) < 4.78 is 25.2. The smallest absolute Gasteiger partial charge is 0.0711 e.